The molecule has 1 fully saturated rings. The van der Waals surface area contributed by atoms with Crippen LogP contribution in [0.1, 0.15) is 6.23 Å². The van der Waals surface area contributed by atoms with Crippen LogP contribution in [0.4, 0.5) is 0 Å². The molecule has 7 nitrogen and oxygen atoms in total. The van der Waals surface area contributed by atoms with Crippen molar-refractivity contribution in [2.24, 2.45) is 0 Å². The summed E-state index contributed by atoms with van der Waals surface area (Å²) in [5, 5.41) is 26.1. The van der Waals surface area contributed by atoms with E-state index in [1.165, 1.54) is 6.07 Å². The zero-order valence-electron chi connectivity index (χ0n) is 8.65. The summed E-state index contributed by atoms with van der Waals surface area (Å²) in [7, 11) is 0. The van der Waals surface area contributed by atoms with Gasteiger partial charge in [0.25, 0.3) is 0 Å². The summed E-state index contributed by atoms with van der Waals surface area (Å²) in [6.45, 7) is -0.253. The number of halogens is 1. The minimum Gasteiger partial charge on any atom is -1.00 e. The summed E-state index contributed by atoms with van der Waals surface area (Å²) in [4.78, 5) is 3.88. The minimum absolute atomic E-state index is 0. The monoisotopic (exact) mass is 260 g/mol. The first-order valence-electron chi connectivity index (χ1n) is 4.95. The second kappa shape index (κ2) is 4.26. The van der Waals surface area contributed by atoms with Crippen LogP contribution < -0.4 is 22.6 Å². The Balaban J connectivity index is 0.00000108. The molecule has 4 unspecified atom stereocenters. The van der Waals surface area contributed by atoms with Crippen molar-refractivity contribution in [3.8, 4) is 6.01 Å². The Morgan fingerprint density at radius 3 is 3.00 bits per heavy atom. The number of fused-ring (bicyclic) bond motifs is 3. The smallest absolute Gasteiger partial charge is 0.301 e. The van der Waals surface area contributed by atoms with Crippen LogP contribution in [0.15, 0.2) is 12.3 Å². The molecule has 17 heavy (non-hydrogen) atoms. The van der Waals surface area contributed by atoms with Crippen molar-refractivity contribution in [3.63, 3.8) is 0 Å². The predicted molar refractivity (Wildman–Crippen MR) is 49.5 cm³/mol. The molecule has 3 heterocycles. The fourth-order valence-corrected chi connectivity index (χ4v) is 2.04. The molecule has 0 spiro atoms. The van der Waals surface area contributed by atoms with Crippen molar-refractivity contribution in [3.05, 3.63) is 17.8 Å². The van der Waals surface area contributed by atoms with E-state index in [0.717, 1.165) is 0 Å². The van der Waals surface area contributed by atoms with Gasteiger partial charge in [-0.2, -0.15) is 4.98 Å². The van der Waals surface area contributed by atoms with E-state index in [9.17, 15) is 5.11 Å². The number of aromatic nitrogens is 2. The number of aliphatic hydroxyl groups is 2. The van der Waals surface area contributed by atoms with Gasteiger partial charge >= 0.3 is 6.01 Å². The molecule has 3 rings (SSSR count). The average molecular weight is 261 g/mol. The maximum absolute atomic E-state index is 9.80. The summed E-state index contributed by atoms with van der Waals surface area (Å²) in [5.41, 5.74) is 0.0967. The van der Waals surface area contributed by atoms with Crippen LogP contribution in [0, 0.1) is 5.41 Å². The van der Waals surface area contributed by atoms with Gasteiger partial charge in [0.15, 0.2) is 17.8 Å². The normalized spacial score (nSPS) is 33.5. The van der Waals surface area contributed by atoms with Gasteiger partial charge < -0.3 is 32.1 Å². The van der Waals surface area contributed by atoms with Gasteiger partial charge in [-0.25, -0.2) is 0 Å². The van der Waals surface area contributed by atoms with Crippen molar-refractivity contribution in [1.29, 1.82) is 5.41 Å². The van der Waals surface area contributed by atoms with Gasteiger partial charge in [-0.3, -0.25) is 9.98 Å². The van der Waals surface area contributed by atoms with Crippen molar-refractivity contribution in [2.45, 2.75) is 24.5 Å². The third kappa shape index (κ3) is 1.71. The fraction of sp³-hybridized carbons (Fsp3) is 0.556. The standard InChI is InChI=1S/C9H11N3O4.ClH/c10-5-1-2-12-8-7(16-9(12)11-5)6(14)4(3-13)15-8;/h1-2,4,6-8,10,13-14H,3H2;1H/p-1. The SMILES string of the molecule is N=c1ccn2c(n1)OC1C(O)C(CO)OC12.[Cl-]. The molecule has 8 heteroatoms. The lowest BCUT2D eigenvalue weighted by molar-refractivity contribution is -0.0434. The van der Waals surface area contributed by atoms with Crippen LogP contribution >= 0.6 is 0 Å². The molecule has 3 N–H and O–H groups in total. The van der Waals surface area contributed by atoms with Crippen molar-refractivity contribution < 1.29 is 32.1 Å². The number of hydrogen-bond donors (Lipinski definition) is 3. The highest BCUT2D eigenvalue weighted by Gasteiger charge is 2.50. The fourth-order valence-electron chi connectivity index (χ4n) is 2.04. The highest BCUT2D eigenvalue weighted by Crippen LogP contribution is 2.38. The molecular weight excluding hydrogens is 250 g/mol. The molecule has 2 aliphatic rings. The third-order valence-electron chi connectivity index (χ3n) is 2.84. The topological polar surface area (TPSA) is 101 Å². The van der Waals surface area contributed by atoms with Crippen molar-refractivity contribution >= 4 is 0 Å². The van der Waals surface area contributed by atoms with E-state index in [1.54, 1.807) is 10.8 Å². The predicted octanol–water partition coefficient (Wildman–Crippen LogP) is -4.62. The summed E-state index contributed by atoms with van der Waals surface area (Å²) in [5.74, 6) is 0. The number of nitrogens with zero attached hydrogens (tertiary/aromatic N) is 2. The number of ether oxygens (including phenoxy) is 2. The van der Waals surface area contributed by atoms with Crippen LogP contribution in [0.2, 0.25) is 0 Å². The van der Waals surface area contributed by atoms with E-state index in [2.05, 4.69) is 4.98 Å². The second-order valence-corrected chi connectivity index (χ2v) is 3.82. The van der Waals surface area contributed by atoms with Crippen LogP contribution in [0.5, 0.6) is 6.01 Å². The molecule has 0 aromatic carbocycles. The Morgan fingerprint density at radius 1 is 1.53 bits per heavy atom. The first-order chi connectivity index (χ1) is 7.70. The van der Waals surface area contributed by atoms with Crippen LogP contribution in [-0.4, -0.2) is 44.7 Å². The van der Waals surface area contributed by atoms with Gasteiger partial charge in [0.05, 0.1) is 6.61 Å². The Hall–Kier alpha value is -1.15. The molecule has 0 amide bonds. The van der Waals surface area contributed by atoms with Crippen LogP contribution in [-0.2, 0) is 4.74 Å². The molecular formula is C9H11ClN3O4-. The number of nitrogens with one attached hydrogen (secondary N) is 1. The number of rotatable bonds is 1. The Labute approximate surface area is 103 Å². The summed E-state index contributed by atoms with van der Waals surface area (Å²) >= 11 is 0. The average Bonchev–Trinajstić information content (AvgIpc) is 2.75. The zero-order valence-corrected chi connectivity index (χ0v) is 9.41. The molecule has 94 valence electrons. The van der Waals surface area contributed by atoms with Gasteiger partial charge in [0.2, 0.25) is 0 Å². The molecule has 4 atom stereocenters. The number of aliphatic hydroxyl groups excluding tert-OH is 2. The van der Waals surface area contributed by atoms with E-state index in [4.69, 9.17) is 20.0 Å². The van der Waals surface area contributed by atoms with Gasteiger partial charge in [0, 0.05) is 6.20 Å². The lowest BCUT2D eigenvalue weighted by Gasteiger charge is -2.14. The second-order valence-electron chi connectivity index (χ2n) is 3.82. The largest absolute Gasteiger partial charge is 1.00 e. The Bertz CT molecular complexity index is 480. The summed E-state index contributed by atoms with van der Waals surface area (Å²) in [6.07, 6.45) is -0.930. The van der Waals surface area contributed by atoms with E-state index in [0.29, 0.717) is 0 Å². The van der Waals surface area contributed by atoms with Crippen LogP contribution in [0.3, 0.4) is 0 Å². The molecule has 2 aliphatic heterocycles. The lowest BCUT2D eigenvalue weighted by Crippen LogP contribution is -3.00. The molecule has 0 radical (unpaired) electrons. The first-order valence-corrected chi connectivity index (χ1v) is 4.95. The Morgan fingerprint density at radius 2 is 2.29 bits per heavy atom. The molecule has 1 aromatic heterocycles. The van der Waals surface area contributed by atoms with E-state index >= 15 is 0 Å². The van der Waals surface area contributed by atoms with Gasteiger partial charge in [0.1, 0.15) is 12.2 Å². The molecule has 0 aliphatic carbocycles. The van der Waals surface area contributed by atoms with E-state index in [1.807, 2.05) is 0 Å². The van der Waals surface area contributed by atoms with Crippen LogP contribution in [0.25, 0.3) is 0 Å². The molecule has 0 bridgehead atoms. The van der Waals surface area contributed by atoms with E-state index < -0.39 is 24.5 Å². The minimum atomic E-state index is -0.883. The molecule has 1 saturated heterocycles. The third-order valence-corrected chi connectivity index (χ3v) is 2.84. The van der Waals surface area contributed by atoms with Gasteiger partial charge in [-0.15, -0.1) is 0 Å². The zero-order chi connectivity index (χ0) is 11.3. The van der Waals surface area contributed by atoms with E-state index in [-0.39, 0.29) is 30.5 Å². The molecule has 1 aromatic rings. The highest BCUT2D eigenvalue weighted by molar-refractivity contribution is 5.10. The molecule has 0 saturated carbocycles. The van der Waals surface area contributed by atoms with Gasteiger partial charge in [-0.05, 0) is 6.07 Å². The lowest BCUT2D eigenvalue weighted by atomic mass is 10.1. The highest BCUT2D eigenvalue weighted by atomic mass is 35.5. The Kier molecular flexibility index (Phi) is 3.09. The number of hydrogen-bond acceptors (Lipinski definition) is 6. The quantitative estimate of drug-likeness (QED) is 0.472. The maximum Gasteiger partial charge on any atom is 0.301 e. The van der Waals surface area contributed by atoms with Crippen molar-refractivity contribution in [1.82, 2.24) is 9.55 Å². The van der Waals surface area contributed by atoms with Gasteiger partial charge in [-0.1, -0.05) is 0 Å². The maximum atomic E-state index is 9.80. The summed E-state index contributed by atoms with van der Waals surface area (Å²) < 4.78 is 12.5. The summed E-state index contributed by atoms with van der Waals surface area (Å²) in [6, 6.07) is 1.77. The van der Waals surface area contributed by atoms with Crippen molar-refractivity contribution in [2.75, 3.05) is 6.61 Å². The first kappa shape index (κ1) is 12.3.